The fraction of sp³-hybridized carbons (Fsp3) is 0.429. The number of likely N-dealkylation sites (N-methyl/N-ethyl adjacent to an activating group) is 1. The van der Waals surface area contributed by atoms with Gasteiger partial charge in [-0.05, 0) is 55.1 Å². The number of rotatable bonds is 8. The molecular weight excluding hydrogens is 310 g/mol. The number of pyridine rings is 1. The maximum absolute atomic E-state index is 12.4. The van der Waals surface area contributed by atoms with Gasteiger partial charge in [0.2, 0.25) is 5.91 Å². The van der Waals surface area contributed by atoms with E-state index in [0.29, 0.717) is 12.3 Å². The monoisotopic (exact) mass is 339 g/mol. The fourth-order valence-electron chi connectivity index (χ4n) is 2.82. The third-order valence-corrected chi connectivity index (χ3v) is 4.44. The second-order valence-electron chi connectivity index (χ2n) is 6.90. The lowest BCUT2D eigenvalue weighted by Gasteiger charge is -2.19. The molecular formula is C21H29N3O. The smallest absolute Gasteiger partial charge is 0.225 e. The molecule has 0 spiro atoms. The Kier molecular flexibility index (Phi) is 7.14. The van der Waals surface area contributed by atoms with E-state index >= 15 is 0 Å². The Morgan fingerprint density at radius 2 is 1.88 bits per heavy atom. The molecule has 1 N–H and O–H groups in total. The molecule has 1 aromatic heterocycles. The van der Waals surface area contributed by atoms with E-state index in [9.17, 15) is 4.79 Å². The van der Waals surface area contributed by atoms with Crippen LogP contribution in [0, 0.1) is 6.92 Å². The van der Waals surface area contributed by atoms with Crippen molar-refractivity contribution in [1.82, 2.24) is 9.88 Å². The average molecular weight is 339 g/mol. The summed E-state index contributed by atoms with van der Waals surface area (Å²) in [6.07, 6.45) is 5.10. The first kappa shape index (κ1) is 19.1. The Bertz CT molecular complexity index is 683. The normalized spacial score (nSPS) is 11.1. The van der Waals surface area contributed by atoms with Crippen LogP contribution in [0.5, 0.6) is 0 Å². The number of nitrogens with one attached hydrogen (secondary N) is 1. The van der Waals surface area contributed by atoms with Crippen molar-refractivity contribution in [3.8, 4) is 0 Å². The topological polar surface area (TPSA) is 45.2 Å². The van der Waals surface area contributed by atoms with Crippen LogP contribution < -0.4 is 5.32 Å². The molecule has 0 unspecified atom stereocenters. The van der Waals surface area contributed by atoms with Crippen LogP contribution in [0.1, 0.15) is 42.9 Å². The number of hydrogen-bond acceptors (Lipinski definition) is 3. The SMILES string of the molecule is Cc1cccc(C(C)C)c1NC(=O)CCN(C)CCc1ccncc1. The van der Waals surface area contributed by atoms with Gasteiger partial charge in [-0.25, -0.2) is 0 Å². The number of aromatic nitrogens is 1. The summed E-state index contributed by atoms with van der Waals surface area (Å²) in [6.45, 7) is 8.02. The molecule has 134 valence electrons. The Balaban J connectivity index is 1.83. The highest BCUT2D eigenvalue weighted by Gasteiger charge is 2.12. The number of hydrogen-bond donors (Lipinski definition) is 1. The molecule has 2 rings (SSSR count). The molecule has 25 heavy (non-hydrogen) atoms. The number of carbonyl (C=O) groups is 1. The van der Waals surface area contributed by atoms with Gasteiger partial charge in [0.15, 0.2) is 0 Å². The third kappa shape index (κ3) is 5.98. The summed E-state index contributed by atoms with van der Waals surface area (Å²) in [6, 6.07) is 10.3. The van der Waals surface area contributed by atoms with E-state index < -0.39 is 0 Å². The van der Waals surface area contributed by atoms with Crippen LogP contribution in [0.4, 0.5) is 5.69 Å². The quantitative estimate of drug-likeness (QED) is 0.790. The lowest BCUT2D eigenvalue weighted by atomic mass is 9.98. The van der Waals surface area contributed by atoms with Crippen LogP contribution in [0.15, 0.2) is 42.7 Å². The van der Waals surface area contributed by atoms with Crippen LogP contribution in [-0.4, -0.2) is 35.9 Å². The zero-order valence-electron chi connectivity index (χ0n) is 15.7. The van der Waals surface area contributed by atoms with Gasteiger partial charge in [-0.3, -0.25) is 9.78 Å². The van der Waals surface area contributed by atoms with Crippen molar-refractivity contribution in [2.45, 2.75) is 39.5 Å². The number of anilines is 1. The molecule has 1 amide bonds. The van der Waals surface area contributed by atoms with Crippen molar-refractivity contribution in [3.63, 3.8) is 0 Å². The maximum atomic E-state index is 12.4. The summed E-state index contributed by atoms with van der Waals surface area (Å²) in [5.41, 5.74) is 4.56. The first-order chi connectivity index (χ1) is 12.0. The maximum Gasteiger partial charge on any atom is 0.225 e. The second kappa shape index (κ2) is 9.33. The zero-order chi connectivity index (χ0) is 18.2. The van der Waals surface area contributed by atoms with Gasteiger partial charge in [-0.15, -0.1) is 0 Å². The Labute approximate surface area is 151 Å². The molecule has 0 saturated carbocycles. The Hall–Kier alpha value is -2.20. The highest BCUT2D eigenvalue weighted by Crippen LogP contribution is 2.27. The Morgan fingerprint density at radius 1 is 1.16 bits per heavy atom. The van der Waals surface area contributed by atoms with Gasteiger partial charge in [-0.2, -0.15) is 0 Å². The van der Waals surface area contributed by atoms with Gasteiger partial charge in [-0.1, -0.05) is 32.0 Å². The second-order valence-corrected chi connectivity index (χ2v) is 6.90. The predicted molar refractivity (Wildman–Crippen MR) is 104 cm³/mol. The minimum atomic E-state index is 0.0759. The summed E-state index contributed by atoms with van der Waals surface area (Å²) in [5, 5.41) is 3.12. The van der Waals surface area contributed by atoms with E-state index in [4.69, 9.17) is 0 Å². The van der Waals surface area contributed by atoms with Crippen molar-refractivity contribution in [2.24, 2.45) is 0 Å². The van der Waals surface area contributed by atoms with E-state index in [1.807, 2.05) is 43.6 Å². The minimum absolute atomic E-state index is 0.0759. The standard InChI is InChI=1S/C21H29N3O/c1-16(2)19-7-5-6-17(3)21(19)23-20(25)11-15-24(4)14-10-18-8-12-22-13-9-18/h5-9,12-13,16H,10-11,14-15H2,1-4H3,(H,23,25). The van der Waals surface area contributed by atoms with E-state index in [2.05, 4.69) is 42.2 Å². The lowest BCUT2D eigenvalue weighted by Crippen LogP contribution is -2.26. The van der Waals surface area contributed by atoms with Crippen LogP contribution in [0.2, 0.25) is 0 Å². The number of amides is 1. The van der Waals surface area contributed by atoms with Crippen molar-refractivity contribution in [3.05, 3.63) is 59.4 Å². The molecule has 0 saturated heterocycles. The van der Waals surface area contributed by atoms with Gasteiger partial charge < -0.3 is 10.2 Å². The van der Waals surface area contributed by atoms with Gasteiger partial charge in [0.25, 0.3) is 0 Å². The molecule has 4 heteroatoms. The molecule has 1 heterocycles. The van der Waals surface area contributed by atoms with Crippen molar-refractivity contribution in [2.75, 3.05) is 25.5 Å². The van der Waals surface area contributed by atoms with E-state index in [-0.39, 0.29) is 5.91 Å². The summed E-state index contributed by atoms with van der Waals surface area (Å²) in [4.78, 5) is 18.6. The molecule has 0 aliphatic rings. The number of benzene rings is 1. The Morgan fingerprint density at radius 3 is 2.56 bits per heavy atom. The van der Waals surface area contributed by atoms with Gasteiger partial charge >= 0.3 is 0 Å². The van der Waals surface area contributed by atoms with Crippen LogP contribution in [0.25, 0.3) is 0 Å². The molecule has 0 bridgehead atoms. The largest absolute Gasteiger partial charge is 0.326 e. The van der Waals surface area contributed by atoms with Crippen molar-refractivity contribution >= 4 is 11.6 Å². The lowest BCUT2D eigenvalue weighted by molar-refractivity contribution is -0.116. The predicted octanol–water partition coefficient (Wildman–Crippen LogP) is 4.02. The van der Waals surface area contributed by atoms with Crippen LogP contribution >= 0.6 is 0 Å². The summed E-state index contributed by atoms with van der Waals surface area (Å²) in [7, 11) is 2.06. The zero-order valence-corrected chi connectivity index (χ0v) is 15.7. The third-order valence-electron chi connectivity index (χ3n) is 4.44. The van der Waals surface area contributed by atoms with Gasteiger partial charge in [0, 0.05) is 37.6 Å². The highest BCUT2D eigenvalue weighted by atomic mass is 16.1. The molecule has 0 aliphatic heterocycles. The molecule has 0 radical (unpaired) electrons. The average Bonchev–Trinajstić information content (AvgIpc) is 2.60. The number of para-hydroxylation sites is 1. The highest BCUT2D eigenvalue weighted by molar-refractivity contribution is 5.92. The number of nitrogens with zero attached hydrogens (tertiary/aromatic N) is 2. The first-order valence-corrected chi connectivity index (χ1v) is 8.94. The van der Waals surface area contributed by atoms with E-state index in [1.165, 1.54) is 11.1 Å². The summed E-state index contributed by atoms with van der Waals surface area (Å²) in [5.74, 6) is 0.463. The van der Waals surface area contributed by atoms with E-state index in [0.717, 1.165) is 30.8 Å². The molecule has 4 nitrogen and oxygen atoms in total. The number of carbonyl (C=O) groups excluding carboxylic acids is 1. The molecule has 0 fully saturated rings. The molecule has 1 aromatic carbocycles. The number of aryl methyl sites for hydroxylation is 1. The van der Waals surface area contributed by atoms with Crippen molar-refractivity contribution < 1.29 is 4.79 Å². The first-order valence-electron chi connectivity index (χ1n) is 8.94. The minimum Gasteiger partial charge on any atom is -0.326 e. The summed E-state index contributed by atoms with van der Waals surface area (Å²) >= 11 is 0. The molecule has 0 aliphatic carbocycles. The van der Waals surface area contributed by atoms with Crippen molar-refractivity contribution in [1.29, 1.82) is 0 Å². The van der Waals surface area contributed by atoms with Crippen LogP contribution in [-0.2, 0) is 11.2 Å². The van der Waals surface area contributed by atoms with Gasteiger partial charge in [0.1, 0.15) is 0 Å². The molecule has 0 atom stereocenters. The van der Waals surface area contributed by atoms with Crippen LogP contribution in [0.3, 0.4) is 0 Å². The van der Waals surface area contributed by atoms with Gasteiger partial charge in [0.05, 0.1) is 0 Å². The summed E-state index contributed by atoms with van der Waals surface area (Å²) < 4.78 is 0. The van der Waals surface area contributed by atoms with E-state index in [1.54, 1.807) is 0 Å². The fourth-order valence-corrected chi connectivity index (χ4v) is 2.82. The molecule has 2 aromatic rings.